The summed E-state index contributed by atoms with van der Waals surface area (Å²) < 4.78 is 10.9. The van der Waals surface area contributed by atoms with Gasteiger partial charge in [0.25, 0.3) is 0 Å². The molecule has 2 N–H and O–H groups in total. The Morgan fingerprint density at radius 3 is 2.76 bits per heavy atom. The first-order valence-electron chi connectivity index (χ1n) is 7.29. The third kappa shape index (κ3) is 3.89. The normalized spacial score (nSPS) is 10.5. The van der Waals surface area contributed by atoms with E-state index in [4.69, 9.17) is 33.0 Å². The minimum absolute atomic E-state index is 0.220. The number of anilines is 1. The van der Waals surface area contributed by atoms with Crippen molar-refractivity contribution in [3.8, 4) is 17.2 Å². The molecule has 0 unspecified atom stereocenters. The second-order valence-electron chi connectivity index (χ2n) is 5.19. The summed E-state index contributed by atoms with van der Waals surface area (Å²) in [5.41, 5.74) is 2.71. The highest BCUT2D eigenvalue weighted by Crippen LogP contribution is 2.31. The second kappa shape index (κ2) is 7.08. The van der Waals surface area contributed by atoms with Gasteiger partial charge in [-0.15, -0.1) is 0 Å². The van der Waals surface area contributed by atoms with Crippen LogP contribution in [0, 0.1) is 0 Å². The van der Waals surface area contributed by atoms with Gasteiger partial charge in [-0.1, -0.05) is 11.6 Å². The number of aromatic nitrogens is 1. The molecule has 2 aromatic carbocycles. The fourth-order valence-electron chi connectivity index (χ4n) is 2.25. The number of amides is 1. The highest BCUT2D eigenvalue weighted by Gasteiger charge is 2.11. The Labute approximate surface area is 154 Å². The van der Waals surface area contributed by atoms with Gasteiger partial charge in [0.1, 0.15) is 11.3 Å². The lowest BCUT2D eigenvalue weighted by atomic mass is 10.2. The first kappa shape index (κ1) is 17.2. The van der Waals surface area contributed by atoms with E-state index >= 15 is 0 Å². The number of ether oxygens (including phenoxy) is 1. The molecule has 0 fully saturated rings. The number of carbonyl (C=O) groups is 1. The first-order chi connectivity index (χ1) is 12.0. The van der Waals surface area contributed by atoms with Crippen molar-refractivity contribution >= 4 is 51.6 Å². The molecular weight excluding hydrogens is 362 g/mol. The van der Waals surface area contributed by atoms with Gasteiger partial charge in [-0.05, 0) is 48.6 Å². The number of thiocarbonyl (C=S) groups is 1. The number of hydrogen-bond acceptors (Lipinski definition) is 5. The molecule has 0 saturated carbocycles. The van der Waals surface area contributed by atoms with Gasteiger partial charge in [-0.3, -0.25) is 4.79 Å². The number of benzene rings is 2. The van der Waals surface area contributed by atoms with Gasteiger partial charge in [-0.25, -0.2) is 4.98 Å². The van der Waals surface area contributed by atoms with E-state index in [1.165, 1.54) is 6.92 Å². The highest BCUT2D eigenvalue weighted by atomic mass is 35.5. The molecule has 0 saturated heterocycles. The molecule has 6 nitrogen and oxygen atoms in total. The third-order valence-electron chi connectivity index (χ3n) is 3.33. The van der Waals surface area contributed by atoms with Gasteiger partial charge >= 0.3 is 0 Å². The van der Waals surface area contributed by atoms with Crippen LogP contribution in [-0.2, 0) is 4.79 Å². The Balaban J connectivity index is 1.88. The SMILES string of the molecule is COc1ccc(-c2nc3cc(NC(=S)NC(C)=O)ccc3o2)cc1Cl. The van der Waals surface area contributed by atoms with E-state index in [-0.39, 0.29) is 11.0 Å². The van der Waals surface area contributed by atoms with Crippen LogP contribution in [-0.4, -0.2) is 23.1 Å². The monoisotopic (exact) mass is 375 g/mol. The van der Waals surface area contributed by atoms with Crippen LogP contribution in [0.5, 0.6) is 5.75 Å². The summed E-state index contributed by atoms with van der Waals surface area (Å²) in [7, 11) is 1.56. The zero-order valence-electron chi connectivity index (χ0n) is 13.4. The fraction of sp³-hybridized carbons (Fsp3) is 0.118. The molecule has 3 rings (SSSR count). The number of methoxy groups -OCH3 is 1. The van der Waals surface area contributed by atoms with Crippen molar-refractivity contribution in [1.29, 1.82) is 0 Å². The Morgan fingerprint density at radius 2 is 2.08 bits per heavy atom. The van der Waals surface area contributed by atoms with Crippen molar-refractivity contribution in [2.75, 3.05) is 12.4 Å². The molecule has 1 aromatic heterocycles. The van der Waals surface area contributed by atoms with Gasteiger partial charge in [0.2, 0.25) is 11.8 Å². The van der Waals surface area contributed by atoms with Gasteiger partial charge in [-0.2, -0.15) is 0 Å². The molecule has 25 heavy (non-hydrogen) atoms. The summed E-state index contributed by atoms with van der Waals surface area (Å²) in [6, 6.07) is 10.6. The maximum absolute atomic E-state index is 11.0. The lowest BCUT2D eigenvalue weighted by Gasteiger charge is -2.07. The molecule has 0 atom stereocenters. The van der Waals surface area contributed by atoms with Crippen molar-refractivity contribution in [2.45, 2.75) is 6.92 Å². The van der Waals surface area contributed by atoms with E-state index in [1.54, 1.807) is 37.4 Å². The summed E-state index contributed by atoms with van der Waals surface area (Å²) >= 11 is 11.2. The van der Waals surface area contributed by atoms with Crippen LogP contribution in [0.3, 0.4) is 0 Å². The molecule has 0 aliphatic heterocycles. The highest BCUT2D eigenvalue weighted by molar-refractivity contribution is 7.80. The van der Waals surface area contributed by atoms with Gasteiger partial charge in [0.05, 0.1) is 12.1 Å². The van der Waals surface area contributed by atoms with Crippen molar-refractivity contribution < 1.29 is 13.9 Å². The van der Waals surface area contributed by atoms with Crippen LogP contribution < -0.4 is 15.4 Å². The number of fused-ring (bicyclic) bond motifs is 1. The zero-order chi connectivity index (χ0) is 18.0. The van der Waals surface area contributed by atoms with Gasteiger partial charge in [0.15, 0.2) is 10.7 Å². The molecule has 0 spiro atoms. The number of nitrogens with one attached hydrogen (secondary N) is 2. The van der Waals surface area contributed by atoms with Crippen molar-refractivity contribution in [2.24, 2.45) is 0 Å². The minimum Gasteiger partial charge on any atom is -0.495 e. The molecule has 8 heteroatoms. The standard InChI is InChI=1S/C17H14ClN3O3S/c1-9(22)19-17(25)20-11-4-6-15-13(8-11)21-16(24-15)10-3-5-14(23-2)12(18)7-10/h3-8H,1-2H3,(H2,19,20,22,25). The Hall–Kier alpha value is -2.64. The molecule has 0 radical (unpaired) electrons. The molecule has 3 aromatic rings. The van der Waals surface area contributed by atoms with Crippen molar-refractivity contribution in [3.05, 3.63) is 41.4 Å². The van der Waals surface area contributed by atoms with Gasteiger partial charge in [0, 0.05) is 18.2 Å². The molecule has 0 bridgehead atoms. The number of carbonyl (C=O) groups excluding carboxylic acids is 1. The van der Waals surface area contributed by atoms with Crippen LogP contribution >= 0.6 is 23.8 Å². The zero-order valence-corrected chi connectivity index (χ0v) is 15.0. The average molecular weight is 376 g/mol. The summed E-state index contributed by atoms with van der Waals surface area (Å²) in [4.78, 5) is 15.5. The predicted molar refractivity (Wildman–Crippen MR) is 101 cm³/mol. The fourth-order valence-corrected chi connectivity index (χ4v) is 2.77. The third-order valence-corrected chi connectivity index (χ3v) is 3.83. The first-order valence-corrected chi connectivity index (χ1v) is 8.08. The van der Waals surface area contributed by atoms with Crippen molar-refractivity contribution in [1.82, 2.24) is 10.3 Å². The number of halogens is 1. The molecule has 128 valence electrons. The lowest BCUT2D eigenvalue weighted by Crippen LogP contribution is -2.32. The van der Waals surface area contributed by atoms with Crippen molar-refractivity contribution in [3.63, 3.8) is 0 Å². The van der Waals surface area contributed by atoms with E-state index in [0.717, 1.165) is 5.56 Å². The lowest BCUT2D eigenvalue weighted by molar-refractivity contribution is -0.117. The van der Waals surface area contributed by atoms with Gasteiger partial charge < -0.3 is 19.8 Å². The number of nitrogens with zero attached hydrogens (tertiary/aromatic N) is 1. The number of rotatable bonds is 3. The van der Waals surface area contributed by atoms with Crippen LogP contribution in [0.25, 0.3) is 22.6 Å². The topological polar surface area (TPSA) is 76.4 Å². The van der Waals surface area contributed by atoms with Crippen LogP contribution in [0.1, 0.15) is 6.92 Å². The van der Waals surface area contributed by atoms with Crippen LogP contribution in [0.4, 0.5) is 5.69 Å². The average Bonchev–Trinajstić information content (AvgIpc) is 2.97. The van der Waals surface area contributed by atoms with E-state index in [1.807, 2.05) is 6.07 Å². The predicted octanol–water partition coefficient (Wildman–Crippen LogP) is 3.99. The summed E-state index contributed by atoms with van der Waals surface area (Å²) in [5.74, 6) is 0.791. The van der Waals surface area contributed by atoms with E-state index in [2.05, 4.69) is 15.6 Å². The number of oxazole rings is 1. The maximum Gasteiger partial charge on any atom is 0.227 e. The quantitative estimate of drug-likeness (QED) is 0.674. The molecule has 1 amide bonds. The van der Waals surface area contributed by atoms with Crippen LogP contribution in [0.2, 0.25) is 5.02 Å². The maximum atomic E-state index is 11.0. The van der Waals surface area contributed by atoms with E-state index in [9.17, 15) is 4.79 Å². The number of hydrogen-bond donors (Lipinski definition) is 2. The Morgan fingerprint density at radius 1 is 1.28 bits per heavy atom. The molecule has 0 aliphatic carbocycles. The Bertz CT molecular complexity index is 971. The minimum atomic E-state index is -0.237. The van der Waals surface area contributed by atoms with Crippen LogP contribution in [0.15, 0.2) is 40.8 Å². The van der Waals surface area contributed by atoms with E-state index < -0.39 is 0 Å². The summed E-state index contributed by atoms with van der Waals surface area (Å²) in [6.07, 6.45) is 0. The smallest absolute Gasteiger partial charge is 0.227 e. The molecule has 0 aliphatic rings. The molecule has 1 heterocycles. The van der Waals surface area contributed by atoms with E-state index in [0.29, 0.717) is 33.4 Å². The largest absolute Gasteiger partial charge is 0.495 e. The summed E-state index contributed by atoms with van der Waals surface area (Å²) in [5, 5.41) is 6.11. The summed E-state index contributed by atoms with van der Waals surface area (Å²) in [6.45, 7) is 1.39. The Kier molecular flexibility index (Phi) is 4.87. The second-order valence-corrected chi connectivity index (χ2v) is 6.00. The molecular formula is C17H14ClN3O3S.